The second-order valence-corrected chi connectivity index (χ2v) is 4.47. The summed E-state index contributed by atoms with van der Waals surface area (Å²) in [7, 11) is 3.78. The highest BCUT2D eigenvalue weighted by Crippen LogP contribution is 2.32. The number of nitrogens with zero attached hydrogens (tertiary/aromatic N) is 1. The van der Waals surface area contributed by atoms with E-state index in [0.717, 1.165) is 29.9 Å². The molecule has 2 heteroatoms. The van der Waals surface area contributed by atoms with Crippen LogP contribution in [0.25, 0.3) is 0 Å². The Bertz CT molecular complexity index is 438. The molecule has 0 atom stereocenters. The molecule has 18 heavy (non-hydrogen) atoms. The van der Waals surface area contributed by atoms with Crippen LogP contribution in [0.5, 0.6) is 0 Å². The molecule has 0 aromatic heterocycles. The Hall–Kier alpha value is -1.70. The standard InChI is InChI=1S/C16H23NO/c1-7-13(18-6)11-15(12(3)4)14-9-10-17(5)16(14)8-2/h7-8,11H,2-3,9-10H2,1,4-6H3/b13-7+,15-11+. The van der Waals surface area contributed by atoms with Crippen molar-refractivity contribution in [2.24, 2.45) is 0 Å². The van der Waals surface area contributed by atoms with Crippen LogP contribution in [0.15, 0.2) is 59.6 Å². The Kier molecular flexibility index (Phi) is 5.02. The van der Waals surface area contributed by atoms with E-state index in [-0.39, 0.29) is 0 Å². The number of allylic oxidation sites excluding steroid dienone is 5. The molecule has 1 aliphatic rings. The summed E-state index contributed by atoms with van der Waals surface area (Å²) in [5, 5.41) is 0. The van der Waals surface area contributed by atoms with Crippen molar-refractivity contribution in [1.82, 2.24) is 4.90 Å². The van der Waals surface area contributed by atoms with Gasteiger partial charge in [-0.15, -0.1) is 0 Å². The molecule has 98 valence electrons. The maximum Gasteiger partial charge on any atom is 0.115 e. The second kappa shape index (κ2) is 6.29. The van der Waals surface area contributed by atoms with Gasteiger partial charge in [-0.3, -0.25) is 0 Å². The lowest BCUT2D eigenvalue weighted by Crippen LogP contribution is -2.11. The van der Waals surface area contributed by atoms with Crippen LogP contribution in [-0.4, -0.2) is 25.6 Å². The minimum Gasteiger partial charge on any atom is -0.497 e. The molecule has 0 aromatic rings. The largest absolute Gasteiger partial charge is 0.497 e. The zero-order chi connectivity index (χ0) is 13.7. The normalized spacial score (nSPS) is 17.2. The third-order valence-electron chi connectivity index (χ3n) is 3.20. The third kappa shape index (κ3) is 2.95. The van der Waals surface area contributed by atoms with Crippen molar-refractivity contribution in [1.29, 1.82) is 0 Å². The predicted octanol–water partition coefficient (Wildman–Crippen LogP) is 3.81. The second-order valence-electron chi connectivity index (χ2n) is 4.47. The van der Waals surface area contributed by atoms with Crippen molar-refractivity contribution in [2.45, 2.75) is 20.3 Å². The highest BCUT2D eigenvalue weighted by Gasteiger charge is 2.20. The summed E-state index contributed by atoms with van der Waals surface area (Å²) in [6.07, 6.45) is 6.95. The molecule has 0 amide bonds. The van der Waals surface area contributed by atoms with Crippen molar-refractivity contribution < 1.29 is 4.74 Å². The first-order valence-electron chi connectivity index (χ1n) is 6.20. The van der Waals surface area contributed by atoms with E-state index in [9.17, 15) is 0 Å². The molecule has 0 radical (unpaired) electrons. The highest BCUT2D eigenvalue weighted by atomic mass is 16.5. The van der Waals surface area contributed by atoms with Crippen molar-refractivity contribution in [3.63, 3.8) is 0 Å². The summed E-state index contributed by atoms with van der Waals surface area (Å²) >= 11 is 0. The van der Waals surface area contributed by atoms with E-state index in [1.165, 1.54) is 11.3 Å². The highest BCUT2D eigenvalue weighted by molar-refractivity contribution is 5.52. The van der Waals surface area contributed by atoms with Gasteiger partial charge in [-0.1, -0.05) is 18.7 Å². The summed E-state index contributed by atoms with van der Waals surface area (Å²) in [6, 6.07) is 0. The van der Waals surface area contributed by atoms with E-state index in [0.29, 0.717) is 0 Å². The quantitative estimate of drug-likeness (QED) is 0.539. The van der Waals surface area contributed by atoms with Gasteiger partial charge in [0.25, 0.3) is 0 Å². The van der Waals surface area contributed by atoms with Gasteiger partial charge in [0.05, 0.1) is 7.11 Å². The molecule has 1 rings (SSSR count). The lowest BCUT2D eigenvalue weighted by molar-refractivity contribution is 0.306. The van der Waals surface area contributed by atoms with Crippen LogP contribution in [0.1, 0.15) is 20.3 Å². The summed E-state index contributed by atoms with van der Waals surface area (Å²) in [6.45, 7) is 13.0. The van der Waals surface area contributed by atoms with Gasteiger partial charge in [0, 0.05) is 19.3 Å². The number of ether oxygens (including phenoxy) is 1. The lowest BCUT2D eigenvalue weighted by Gasteiger charge is -2.14. The van der Waals surface area contributed by atoms with Crippen LogP contribution < -0.4 is 0 Å². The molecule has 1 heterocycles. The molecule has 0 spiro atoms. The first-order chi connectivity index (χ1) is 8.54. The minimum absolute atomic E-state index is 0.860. The van der Waals surface area contributed by atoms with Gasteiger partial charge in [-0.25, -0.2) is 0 Å². The molecule has 0 aromatic carbocycles. The van der Waals surface area contributed by atoms with Gasteiger partial charge in [-0.05, 0) is 49.6 Å². The van der Waals surface area contributed by atoms with Gasteiger partial charge in [0.15, 0.2) is 0 Å². The van der Waals surface area contributed by atoms with Crippen LogP contribution in [0.2, 0.25) is 0 Å². The van der Waals surface area contributed by atoms with Gasteiger partial charge in [0.1, 0.15) is 5.76 Å². The maximum atomic E-state index is 5.32. The summed E-state index contributed by atoms with van der Waals surface area (Å²) in [5.41, 5.74) is 4.70. The smallest absolute Gasteiger partial charge is 0.115 e. The van der Waals surface area contributed by atoms with Gasteiger partial charge < -0.3 is 9.64 Å². The molecule has 0 saturated heterocycles. The Balaban J connectivity index is 3.27. The molecule has 0 unspecified atom stereocenters. The minimum atomic E-state index is 0.860. The van der Waals surface area contributed by atoms with E-state index in [1.807, 2.05) is 26.0 Å². The zero-order valence-corrected chi connectivity index (χ0v) is 11.9. The molecule has 1 aliphatic heterocycles. The molecular formula is C16H23NO. The number of hydrogen-bond donors (Lipinski definition) is 0. The van der Waals surface area contributed by atoms with Gasteiger partial charge in [0.2, 0.25) is 0 Å². The fraction of sp³-hybridized carbons (Fsp3) is 0.375. The number of likely N-dealkylation sites (N-methyl/N-ethyl adjacent to an activating group) is 1. The van der Waals surface area contributed by atoms with Gasteiger partial charge in [-0.2, -0.15) is 0 Å². The van der Waals surface area contributed by atoms with E-state index < -0.39 is 0 Å². The third-order valence-corrected chi connectivity index (χ3v) is 3.20. The number of hydrogen-bond acceptors (Lipinski definition) is 2. The van der Waals surface area contributed by atoms with E-state index >= 15 is 0 Å². The maximum absolute atomic E-state index is 5.32. The van der Waals surface area contributed by atoms with Crippen LogP contribution >= 0.6 is 0 Å². The Labute approximate surface area is 111 Å². The fourth-order valence-corrected chi connectivity index (χ4v) is 2.18. The average Bonchev–Trinajstić information content (AvgIpc) is 2.71. The monoisotopic (exact) mass is 245 g/mol. The summed E-state index contributed by atoms with van der Waals surface area (Å²) < 4.78 is 5.32. The molecular weight excluding hydrogens is 222 g/mol. The molecule has 0 saturated carbocycles. The zero-order valence-electron chi connectivity index (χ0n) is 11.9. The SMILES string of the molecule is C=CC1=C(/C(=C/C(=C\C)OC)C(=C)C)CCN1C. The predicted molar refractivity (Wildman–Crippen MR) is 78.1 cm³/mol. The van der Waals surface area contributed by atoms with E-state index in [4.69, 9.17) is 4.74 Å². The van der Waals surface area contributed by atoms with Crippen LogP contribution in [0.4, 0.5) is 0 Å². The van der Waals surface area contributed by atoms with Gasteiger partial charge >= 0.3 is 0 Å². The van der Waals surface area contributed by atoms with Crippen LogP contribution in [-0.2, 0) is 4.74 Å². The fourth-order valence-electron chi connectivity index (χ4n) is 2.18. The topological polar surface area (TPSA) is 12.5 Å². The molecule has 0 fully saturated rings. The molecule has 0 aliphatic carbocycles. The van der Waals surface area contributed by atoms with Crippen LogP contribution in [0.3, 0.4) is 0 Å². The van der Waals surface area contributed by atoms with E-state index in [1.54, 1.807) is 7.11 Å². The number of methoxy groups -OCH3 is 1. The Morgan fingerprint density at radius 3 is 2.56 bits per heavy atom. The first-order valence-corrected chi connectivity index (χ1v) is 6.20. The Morgan fingerprint density at radius 2 is 2.11 bits per heavy atom. The molecule has 0 bridgehead atoms. The van der Waals surface area contributed by atoms with Crippen molar-refractivity contribution in [3.05, 3.63) is 59.6 Å². The molecule has 2 nitrogen and oxygen atoms in total. The lowest BCUT2D eigenvalue weighted by atomic mass is 9.96. The summed E-state index contributed by atoms with van der Waals surface area (Å²) in [5.74, 6) is 0.860. The van der Waals surface area contributed by atoms with Crippen molar-refractivity contribution >= 4 is 0 Å². The average molecular weight is 245 g/mol. The summed E-state index contributed by atoms with van der Waals surface area (Å²) in [4.78, 5) is 2.22. The van der Waals surface area contributed by atoms with Crippen LogP contribution in [0, 0.1) is 0 Å². The number of rotatable bonds is 5. The van der Waals surface area contributed by atoms with Crippen molar-refractivity contribution in [2.75, 3.05) is 20.7 Å². The first kappa shape index (κ1) is 14.4. The van der Waals surface area contributed by atoms with Crippen molar-refractivity contribution in [3.8, 4) is 0 Å². The Morgan fingerprint density at radius 1 is 1.44 bits per heavy atom. The molecule has 0 N–H and O–H groups in total. The van der Waals surface area contributed by atoms with E-state index in [2.05, 4.69) is 31.2 Å².